The number of aryl methyl sites for hydroxylation is 1. The van der Waals surface area contributed by atoms with E-state index in [0.717, 1.165) is 49.7 Å². The molecule has 0 radical (unpaired) electrons. The number of rotatable bonds is 9. The molecule has 4 N–H and O–H groups in total. The van der Waals surface area contributed by atoms with Gasteiger partial charge in [-0.2, -0.15) is 8.78 Å². The fourth-order valence-electron chi connectivity index (χ4n) is 4.76. The van der Waals surface area contributed by atoms with Crippen molar-refractivity contribution in [2.24, 2.45) is 5.92 Å². The number of aromatic nitrogens is 2. The second kappa shape index (κ2) is 12.0. The van der Waals surface area contributed by atoms with Crippen molar-refractivity contribution in [3.8, 4) is 16.9 Å². The molecule has 0 spiro atoms. The highest BCUT2D eigenvalue weighted by Gasteiger charge is 2.37. The van der Waals surface area contributed by atoms with Crippen molar-refractivity contribution in [2.45, 2.75) is 45.1 Å². The molecule has 11 heteroatoms. The summed E-state index contributed by atoms with van der Waals surface area (Å²) in [5.41, 5.74) is 2.55. The topological polar surface area (TPSA) is 136 Å². The molecule has 0 bridgehead atoms. The van der Waals surface area contributed by atoms with Crippen molar-refractivity contribution < 1.29 is 33.7 Å². The van der Waals surface area contributed by atoms with Crippen LogP contribution in [0.1, 0.15) is 47.3 Å². The Labute approximate surface area is 230 Å². The molecule has 2 aromatic carbocycles. The van der Waals surface area contributed by atoms with Gasteiger partial charge in [0.2, 0.25) is 0 Å². The number of anilines is 1. The first-order chi connectivity index (χ1) is 19.0. The first-order valence-corrected chi connectivity index (χ1v) is 13.0. The molecule has 9 nitrogen and oxygen atoms in total. The van der Waals surface area contributed by atoms with Crippen molar-refractivity contribution in [3.63, 3.8) is 0 Å². The van der Waals surface area contributed by atoms with E-state index in [1.54, 1.807) is 19.1 Å². The van der Waals surface area contributed by atoms with Gasteiger partial charge in [-0.1, -0.05) is 36.4 Å². The highest BCUT2D eigenvalue weighted by Crippen LogP contribution is 2.34. The largest absolute Gasteiger partial charge is 0.504 e. The standard InChI is InChI=1S/C29H32F2N4O5/c1-17-27(39)26(28(40)32-16-25(37)38)34-24(33-17)15-19-11-13-35(14-12-19)23-9-5-21(6-10-23)20-3-7-22(8-4-20)29(30,31)18(2)36/h3-10,18-19,36,39H,11-16H2,1-2H3,(H,32,40)(H,37,38). The number of benzene rings is 2. The summed E-state index contributed by atoms with van der Waals surface area (Å²) in [6, 6.07) is 13.8. The highest BCUT2D eigenvalue weighted by atomic mass is 19.3. The lowest BCUT2D eigenvalue weighted by atomic mass is 9.92. The summed E-state index contributed by atoms with van der Waals surface area (Å²) in [6.07, 6.45) is 0.487. The Kier molecular flexibility index (Phi) is 8.63. The maximum absolute atomic E-state index is 14.1. The summed E-state index contributed by atoms with van der Waals surface area (Å²) in [5, 5.41) is 30.5. The van der Waals surface area contributed by atoms with Crippen LogP contribution in [0.4, 0.5) is 14.5 Å². The van der Waals surface area contributed by atoms with Crippen molar-refractivity contribution >= 4 is 17.6 Å². The average molecular weight is 555 g/mol. The quantitative estimate of drug-likeness (QED) is 0.313. The first kappa shape index (κ1) is 28.9. The van der Waals surface area contributed by atoms with Crippen molar-refractivity contribution in [1.82, 2.24) is 15.3 Å². The molecule has 2 heterocycles. The zero-order valence-corrected chi connectivity index (χ0v) is 22.3. The summed E-state index contributed by atoms with van der Waals surface area (Å²) in [5.74, 6) is -4.93. The third-order valence-electron chi connectivity index (χ3n) is 7.17. The number of halogens is 2. The number of carboxylic acid groups (broad SMARTS) is 1. The molecule has 1 aliphatic heterocycles. The smallest absolute Gasteiger partial charge is 0.322 e. The molecule has 1 fully saturated rings. The molecule has 1 aromatic heterocycles. The Morgan fingerprint density at radius 2 is 1.62 bits per heavy atom. The van der Waals surface area contributed by atoms with Crippen LogP contribution >= 0.6 is 0 Å². The minimum absolute atomic E-state index is 0.226. The van der Waals surface area contributed by atoms with E-state index >= 15 is 0 Å². The minimum Gasteiger partial charge on any atom is -0.504 e. The lowest BCUT2D eigenvalue weighted by molar-refractivity contribution is -0.135. The van der Waals surface area contributed by atoms with Crippen molar-refractivity contribution in [1.29, 1.82) is 0 Å². The Balaban J connectivity index is 1.35. The van der Waals surface area contributed by atoms with Gasteiger partial charge in [-0.15, -0.1) is 0 Å². The van der Waals surface area contributed by atoms with E-state index in [1.807, 2.05) is 24.3 Å². The number of aliphatic hydroxyl groups is 1. The van der Waals surface area contributed by atoms with E-state index < -0.39 is 30.4 Å². The van der Waals surface area contributed by atoms with Gasteiger partial charge >= 0.3 is 5.97 Å². The number of alkyl halides is 2. The first-order valence-electron chi connectivity index (χ1n) is 13.0. The van der Waals surface area contributed by atoms with Gasteiger partial charge in [-0.05, 0) is 55.9 Å². The average Bonchev–Trinajstić information content (AvgIpc) is 2.94. The van der Waals surface area contributed by atoms with Crippen molar-refractivity contribution in [3.05, 3.63) is 71.3 Å². The van der Waals surface area contributed by atoms with Gasteiger partial charge in [-0.3, -0.25) is 9.59 Å². The van der Waals surface area contributed by atoms with Gasteiger partial charge in [0, 0.05) is 30.8 Å². The number of aliphatic hydroxyl groups excluding tert-OH is 1. The van der Waals surface area contributed by atoms with Crippen LogP contribution in [0.2, 0.25) is 0 Å². The number of carboxylic acids is 1. The number of nitrogens with zero attached hydrogens (tertiary/aromatic N) is 3. The van der Waals surface area contributed by atoms with E-state index in [0.29, 0.717) is 12.2 Å². The van der Waals surface area contributed by atoms with Crippen LogP contribution in [0.3, 0.4) is 0 Å². The van der Waals surface area contributed by atoms with Crippen LogP contribution in [0, 0.1) is 12.8 Å². The summed E-state index contributed by atoms with van der Waals surface area (Å²) < 4.78 is 28.1. The molecule has 40 heavy (non-hydrogen) atoms. The van der Waals surface area contributed by atoms with Crippen LogP contribution in [-0.2, 0) is 17.1 Å². The highest BCUT2D eigenvalue weighted by molar-refractivity contribution is 5.96. The van der Waals surface area contributed by atoms with Gasteiger partial charge < -0.3 is 25.5 Å². The van der Waals surface area contributed by atoms with Crippen LogP contribution in [0.25, 0.3) is 11.1 Å². The number of aliphatic carboxylic acids is 1. The monoisotopic (exact) mass is 554 g/mol. The maximum atomic E-state index is 14.1. The SMILES string of the molecule is Cc1nc(CC2CCN(c3ccc(-c4ccc(C(F)(F)C(C)O)cc4)cc3)CC2)nc(C(=O)NCC(=O)O)c1O. The lowest BCUT2D eigenvalue weighted by Crippen LogP contribution is -2.34. The van der Waals surface area contributed by atoms with Gasteiger partial charge in [-0.25, -0.2) is 9.97 Å². The molecule has 1 unspecified atom stereocenters. The van der Waals surface area contributed by atoms with Gasteiger partial charge in [0.25, 0.3) is 11.8 Å². The Morgan fingerprint density at radius 1 is 1.05 bits per heavy atom. The van der Waals surface area contributed by atoms with Crippen molar-refractivity contribution in [2.75, 3.05) is 24.5 Å². The number of hydrogen-bond acceptors (Lipinski definition) is 7. The van der Waals surface area contributed by atoms with Gasteiger partial charge in [0.1, 0.15) is 18.5 Å². The fourth-order valence-corrected chi connectivity index (χ4v) is 4.76. The maximum Gasteiger partial charge on any atom is 0.322 e. The third kappa shape index (κ3) is 6.53. The molecule has 1 amide bonds. The molecule has 4 rings (SSSR count). The number of aromatic hydroxyl groups is 1. The molecular formula is C29H32F2N4O5. The molecule has 3 aromatic rings. The second-order valence-corrected chi connectivity index (χ2v) is 10.1. The minimum atomic E-state index is -3.30. The summed E-state index contributed by atoms with van der Waals surface area (Å²) >= 11 is 0. The Hall–Kier alpha value is -4.12. The van der Waals surface area contributed by atoms with Crippen LogP contribution < -0.4 is 10.2 Å². The molecular weight excluding hydrogens is 522 g/mol. The van der Waals surface area contributed by atoms with E-state index in [-0.39, 0.29) is 28.6 Å². The van der Waals surface area contributed by atoms with Gasteiger partial charge in [0.05, 0.1) is 5.69 Å². The predicted octanol–water partition coefficient (Wildman–Crippen LogP) is 3.90. The summed E-state index contributed by atoms with van der Waals surface area (Å²) in [4.78, 5) is 33.8. The van der Waals surface area contributed by atoms with E-state index in [4.69, 9.17) is 5.11 Å². The van der Waals surface area contributed by atoms with E-state index in [2.05, 4.69) is 20.2 Å². The Morgan fingerprint density at radius 3 is 2.17 bits per heavy atom. The van der Waals surface area contributed by atoms with Crippen LogP contribution in [-0.4, -0.2) is 62.9 Å². The van der Waals surface area contributed by atoms with Crippen LogP contribution in [0.15, 0.2) is 48.5 Å². The zero-order valence-electron chi connectivity index (χ0n) is 22.3. The molecule has 212 valence electrons. The third-order valence-corrected chi connectivity index (χ3v) is 7.17. The number of carbonyl (C=O) groups is 2. The number of hydrogen-bond donors (Lipinski definition) is 4. The van der Waals surface area contributed by atoms with Gasteiger partial charge in [0.15, 0.2) is 11.4 Å². The Bertz CT molecular complexity index is 1360. The molecule has 1 atom stereocenters. The fraction of sp³-hybridized carbons (Fsp3) is 0.379. The molecule has 0 saturated carbocycles. The van der Waals surface area contributed by atoms with E-state index in [1.165, 1.54) is 12.1 Å². The number of piperidine rings is 1. The second-order valence-electron chi connectivity index (χ2n) is 10.1. The normalized spacial score (nSPS) is 15.1. The number of carbonyl (C=O) groups excluding carboxylic acids is 1. The molecule has 1 aliphatic rings. The summed E-state index contributed by atoms with van der Waals surface area (Å²) in [6.45, 7) is 3.66. The molecule has 0 aliphatic carbocycles. The predicted molar refractivity (Wildman–Crippen MR) is 144 cm³/mol. The van der Waals surface area contributed by atoms with Crippen LogP contribution in [0.5, 0.6) is 5.75 Å². The lowest BCUT2D eigenvalue weighted by Gasteiger charge is -2.33. The number of nitrogens with one attached hydrogen (secondary N) is 1. The number of amides is 1. The van der Waals surface area contributed by atoms with E-state index in [9.17, 15) is 28.6 Å². The molecule has 1 saturated heterocycles. The summed E-state index contributed by atoms with van der Waals surface area (Å²) in [7, 11) is 0. The zero-order chi connectivity index (χ0) is 29.0.